The molecule has 1 aliphatic heterocycles. The number of alkyl halides is 2. The summed E-state index contributed by atoms with van der Waals surface area (Å²) >= 11 is 1.02. The van der Waals surface area contributed by atoms with Gasteiger partial charge in [-0.2, -0.15) is 14.0 Å². The predicted octanol–water partition coefficient (Wildman–Crippen LogP) is 2.63. The molecule has 1 fully saturated rings. The molecule has 0 unspecified atom stereocenters. The van der Waals surface area contributed by atoms with E-state index in [2.05, 4.69) is 4.74 Å². The van der Waals surface area contributed by atoms with Crippen LogP contribution in [0.25, 0.3) is 17.3 Å². The molecule has 0 aliphatic carbocycles. The number of rotatable bonds is 6. The maximum atomic E-state index is 13.5. The minimum Gasteiger partial charge on any atom is -0.493 e. The number of para-hydroxylation sites is 1. The highest BCUT2D eigenvalue weighted by Crippen LogP contribution is 2.29. The van der Waals surface area contributed by atoms with Gasteiger partial charge in [-0.3, -0.25) is 14.2 Å². The second-order valence-electron chi connectivity index (χ2n) is 7.67. The summed E-state index contributed by atoms with van der Waals surface area (Å²) in [7, 11) is 1.32. The first-order valence-corrected chi connectivity index (χ1v) is 11.6. The molecule has 35 heavy (non-hydrogen) atoms. The van der Waals surface area contributed by atoms with E-state index in [1.807, 2.05) is 6.07 Å². The van der Waals surface area contributed by atoms with Crippen LogP contribution >= 0.6 is 11.3 Å². The minimum atomic E-state index is -3.01. The van der Waals surface area contributed by atoms with Crippen LogP contribution in [0.1, 0.15) is 18.4 Å². The fourth-order valence-corrected chi connectivity index (χ4v) is 4.94. The third kappa shape index (κ3) is 5.10. The van der Waals surface area contributed by atoms with Crippen molar-refractivity contribution in [3.63, 3.8) is 0 Å². The molecule has 0 bridgehead atoms. The summed E-state index contributed by atoms with van der Waals surface area (Å²) in [5.41, 5.74) is 0.502. The number of ether oxygens (including phenoxy) is 2. The Bertz CT molecular complexity index is 1450. The number of hydrogen-bond donors (Lipinski definition) is 0. The summed E-state index contributed by atoms with van der Waals surface area (Å²) in [6, 6.07) is 15.1. The highest BCUT2D eigenvalue weighted by molar-refractivity contribution is 7.07. The minimum absolute atomic E-state index is 0.0766. The molecule has 1 amide bonds. The van der Waals surface area contributed by atoms with Crippen molar-refractivity contribution in [2.75, 3.05) is 20.2 Å². The van der Waals surface area contributed by atoms with Gasteiger partial charge in [0.25, 0.3) is 11.5 Å². The lowest BCUT2D eigenvalue weighted by Gasteiger charge is -2.14. The first-order valence-electron chi connectivity index (χ1n) is 10.8. The standard InChI is InChI=1S/C25H21F2N3O4S/c1-33-20-13-16(9-10-19(20)34-25(26)27)14-21-23(32)30(17-7-3-2-4-8-17)24(35-21)18(15-28)22(31)29-11-5-6-12-29/h2-4,7-10,13-14,25H,5-6,11-12H2,1H3/b21-14-,24-18-. The SMILES string of the molecule is COc1cc(/C=c2\s/c(=C(/C#N)C(=O)N3CCCC3)n(-c3ccccc3)c2=O)ccc1OC(F)F. The summed E-state index contributed by atoms with van der Waals surface area (Å²) in [5, 5.41) is 9.90. The Morgan fingerprint density at radius 3 is 2.49 bits per heavy atom. The smallest absolute Gasteiger partial charge is 0.387 e. The van der Waals surface area contributed by atoms with Gasteiger partial charge in [-0.15, -0.1) is 11.3 Å². The van der Waals surface area contributed by atoms with Crippen LogP contribution in [0.5, 0.6) is 11.5 Å². The molecule has 0 N–H and O–H groups in total. The monoisotopic (exact) mass is 497 g/mol. The summed E-state index contributed by atoms with van der Waals surface area (Å²) in [5.74, 6) is -0.463. The average Bonchev–Trinajstić information content (AvgIpc) is 3.50. The van der Waals surface area contributed by atoms with Crippen LogP contribution in [0.4, 0.5) is 8.78 Å². The van der Waals surface area contributed by atoms with Gasteiger partial charge in [0.15, 0.2) is 17.1 Å². The average molecular weight is 498 g/mol. The van der Waals surface area contributed by atoms with E-state index in [0.29, 0.717) is 24.3 Å². The van der Waals surface area contributed by atoms with Crippen LogP contribution in [0.2, 0.25) is 0 Å². The number of hydrogen-bond acceptors (Lipinski definition) is 6. The van der Waals surface area contributed by atoms with Crippen LogP contribution < -0.4 is 24.2 Å². The number of methoxy groups -OCH3 is 1. The highest BCUT2D eigenvalue weighted by Gasteiger charge is 2.24. The molecule has 0 saturated carbocycles. The molecule has 1 aliphatic rings. The van der Waals surface area contributed by atoms with Crippen molar-refractivity contribution in [2.45, 2.75) is 19.5 Å². The van der Waals surface area contributed by atoms with Crippen molar-refractivity contribution in [1.29, 1.82) is 5.26 Å². The molecule has 2 heterocycles. The van der Waals surface area contributed by atoms with E-state index in [9.17, 15) is 23.6 Å². The summed E-state index contributed by atoms with van der Waals surface area (Å²) in [6.45, 7) is -1.88. The van der Waals surface area contributed by atoms with Crippen LogP contribution in [0, 0.1) is 11.3 Å². The lowest BCUT2D eigenvalue weighted by Crippen LogP contribution is -2.35. The number of thiazole rings is 1. The second-order valence-corrected chi connectivity index (χ2v) is 8.70. The molecule has 0 radical (unpaired) electrons. The highest BCUT2D eigenvalue weighted by atomic mass is 32.1. The second kappa shape index (κ2) is 10.5. The van der Waals surface area contributed by atoms with Crippen LogP contribution in [0.15, 0.2) is 53.3 Å². The van der Waals surface area contributed by atoms with Crippen LogP contribution in [-0.2, 0) is 4.79 Å². The number of carbonyl (C=O) groups is 1. The zero-order valence-electron chi connectivity index (χ0n) is 18.7. The van der Waals surface area contributed by atoms with E-state index in [1.54, 1.807) is 41.3 Å². The Morgan fingerprint density at radius 2 is 1.86 bits per heavy atom. The van der Waals surface area contributed by atoms with Crippen molar-refractivity contribution in [2.24, 2.45) is 0 Å². The Morgan fingerprint density at radius 1 is 1.14 bits per heavy atom. The fourth-order valence-electron chi connectivity index (χ4n) is 3.85. The van der Waals surface area contributed by atoms with Crippen molar-refractivity contribution in [3.05, 3.63) is 73.6 Å². The topological polar surface area (TPSA) is 84.6 Å². The lowest BCUT2D eigenvalue weighted by molar-refractivity contribution is -0.123. The number of nitrogens with zero attached hydrogens (tertiary/aromatic N) is 3. The fraction of sp³-hybridized carbons (Fsp3) is 0.240. The van der Waals surface area contributed by atoms with E-state index in [0.717, 1.165) is 24.2 Å². The Hall–Kier alpha value is -3.97. The molecule has 1 aromatic heterocycles. The first kappa shape index (κ1) is 24.2. The third-order valence-electron chi connectivity index (χ3n) is 5.47. The molecule has 1 saturated heterocycles. The van der Waals surface area contributed by atoms with Gasteiger partial charge in [0, 0.05) is 13.1 Å². The van der Waals surface area contributed by atoms with Gasteiger partial charge in [0.2, 0.25) is 0 Å². The molecule has 2 aromatic carbocycles. The maximum absolute atomic E-state index is 13.5. The van der Waals surface area contributed by atoms with Gasteiger partial charge >= 0.3 is 6.61 Å². The summed E-state index contributed by atoms with van der Waals surface area (Å²) < 4.78 is 36.7. The number of carbonyl (C=O) groups excluding carboxylic acids is 1. The van der Waals surface area contributed by atoms with Gasteiger partial charge in [0.05, 0.1) is 17.3 Å². The largest absolute Gasteiger partial charge is 0.493 e. The molecule has 180 valence electrons. The number of benzene rings is 2. The molecule has 3 aromatic rings. The van der Waals surface area contributed by atoms with Crippen molar-refractivity contribution in [3.8, 4) is 23.3 Å². The van der Waals surface area contributed by atoms with Crippen LogP contribution in [0.3, 0.4) is 0 Å². The van der Waals surface area contributed by atoms with E-state index < -0.39 is 18.1 Å². The summed E-state index contributed by atoms with van der Waals surface area (Å²) in [6.07, 6.45) is 3.29. The van der Waals surface area contributed by atoms with Crippen molar-refractivity contribution >= 4 is 28.9 Å². The number of amides is 1. The van der Waals surface area contributed by atoms with E-state index in [1.165, 1.54) is 29.9 Å². The Kier molecular flexibility index (Phi) is 7.27. The van der Waals surface area contributed by atoms with E-state index >= 15 is 0 Å². The summed E-state index contributed by atoms with van der Waals surface area (Å²) in [4.78, 5) is 28.2. The molecule has 0 atom stereocenters. The number of likely N-dealkylation sites (tertiary alicyclic amines) is 1. The molecule has 10 heteroatoms. The van der Waals surface area contributed by atoms with Gasteiger partial charge < -0.3 is 14.4 Å². The zero-order valence-corrected chi connectivity index (χ0v) is 19.6. The molecular weight excluding hydrogens is 476 g/mol. The quantitative estimate of drug-likeness (QED) is 0.523. The van der Waals surface area contributed by atoms with Gasteiger partial charge in [0.1, 0.15) is 10.7 Å². The van der Waals surface area contributed by atoms with Gasteiger partial charge in [-0.05, 0) is 48.7 Å². The molecule has 4 rings (SSSR count). The number of halogens is 2. The van der Waals surface area contributed by atoms with Crippen molar-refractivity contribution in [1.82, 2.24) is 9.47 Å². The normalized spacial score (nSPS) is 14.7. The number of aromatic nitrogens is 1. The number of nitriles is 1. The van der Waals surface area contributed by atoms with Gasteiger partial charge in [-0.1, -0.05) is 24.3 Å². The Labute approximate surface area is 203 Å². The molecule has 7 nitrogen and oxygen atoms in total. The zero-order chi connectivity index (χ0) is 24.9. The van der Waals surface area contributed by atoms with Crippen molar-refractivity contribution < 1.29 is 23.0 Å². The van der Waals surface area contributed by atoms with E-state index in [4.69, 9.17) is 4.74 Å². The maximum Gasteiger partial charge on any atom is 0.387 e. The predicted molar refractivity (Wildman–Crippen MR) is 127 cm³/mol. The third-order valence-corrected chi connectivity index (χ3v) is 6.56. The Balaban J connectivity index is 1.93. The molecular formula is C25H21F2N3O4S. The van der Waals surface area contributed by atoms with E-state index in [-0.39, 0.29) is 26.3 Å². The van der Waals surface area contributed by atoms with Crippen LogP contribution in [-0.4, -0.2) is 42.2 Å². The molecule has 0 spiro atoms. The first-order chi connectivity index (χ1) is 16.9. The lowest BCUT2D eigenvalue weighted by atomic mass is 10.2. The van der Waals surface area contributed by atoms with Gasteiger partial charge in [-0.25, -0.2) is 0 Å².